The van der Waals surface area contributed by atoms with Crippen molar-refractivity contribution in [1.29, 1.82) is 0 Å². The maximum Gasteiger partial charge on any atom is 0.326 e. The molecule has 0 saturated carbocycles. The Kier molecular flexibility index (Phi) is 3.45. The number of aliphatic hydroxyl groups is 1. The standard InChI is InChI=1S/C10H12N2O5/c1-10(11,9(14)15)8(13)6-3-2-4-7(5-6)12(16)17/h2-5,8,13H,11H2,1H3,(H,14,15). The molecule has 0 radical (unpaired) electrons. The van der Waals surface area contributed by atoms with Gasteiger partial charge >= 0.3 is 5.97 Å². The number of nitro benzene ring substituents is 1. The van der Waals surface area contributed by atoms with Gasteiger partial charge < -0.3 is 15.9 Å². The third kappa shape index (κ3) is 2.58. The summed E-state index contributed by atoms with van der Waals surface area (Å²) in [5.74, 6) is -1.39. The van der Waals surface area contributed by atoms with Crippen molar-refractivity contribution < 1.29 is 19.9 Å². The van der Waals surface area contributed by atoms with Crippen LogP contribution in [-0.2, 0) is 4.79 Å². The molecule has 1 aromatic rings. The zero-order valence-electron chi connectivity index (χ0n) is 9.03. The van der Waals surface area contributed by atoms with E-state index < -0.39 is 22.5 Å². The first kappa shape index (κ1) is 13.1. The minimum absolute atomic E-state index is 0.0894. The Labute approximate surface area is 96.6 Å². The van der Waals surface area contributed by atoms with Gasteiger partial charge in [0.1, 0.15) is 11.6 Å². The molecule has 2 unspecified atom stereocenters. The van der Waals surface area contributed by atoms with Gasteiger partial charge in [0.25, 0.3) is 5.69 Å². The number of carboxylic acid groups (broad SMARTS) is 1. The molecule has 0 aliphatic carbocycles. The van der Waals surface area contributed by atoms with Gasteiger partial charge in [-0.1, -0.05) is 12.1 Å². The SMILES string of the molecule is CC(N)(C(=O)O)C(O)c1cccc([N+](=O)[O-])c1. The lowest BCUT2D eigenvalue weighted by Crippen LogP contribution is -2.50. The minimum Gasteiger partial charge on any atom is -0.480 e. The second-order valence-corrected chi connectivity index (χ2v) is 3.84. The first-order valence-electron chi connectivity index (χ1n) is 4.71. The summed E-state index contributed by atoms with van der Waals surface area (Å²) in [6, 6.07) is 5.07. The molecule has 17 heavy (non-hydrogen) atoms. The molecule has 0 spiro atoms. The molecule has 7 heteroatoms. The van der Waals surface area contributed by atoms with Crippen LogP contribution in [0.15, 0.2) is 24.3 Å². The Bertz CT molecular complexity index is 458. The average Bonchev–Trinajstić information content (AvgIpc) is 2.27. The van der Waals surface area contributed by atoms with Crippen LogP contribution in [0.3, 0.4) is 0 Å². The Morgan fingerprint density at radius 1 is 1.59 bits per heavy atom. The summed E-state index contributed by atoms with van der Waals surface area (Å²) in [6.45, 7) is 1.14. The van der Waals surface area contributed by atoms with Gasteiger partial charge in [0.15, 0.2) is 0 Å². The monoisotopic (exact) mass is 240 g/mol. The fraction of sp³-hybridized carbons (Fsp3) is 0.300. The van der Waals surface area contributed by atoms with Crippen LogP contribution in [0.4, 0.5) is 5.69 Å². The number of hydrogen-bond acceptors (Lipinski definition) is 5. The second-order valence-electron chi connectivity index (χ2n) is 3.84. The Balaban J connectivity index is 3.13. The van der Waals surface area contributed by atoms with Crippen LogP contribution in [0.25, 0.3) is 0 Å². The number of carboxylic acids is 1. The van der Waals surface area contributed by atoms with Crippen LogP contribution in [0.5, 0.6) is 0 Å². The van der Waals surface area contributed by atoms with Gasteiger partial charge in [0.05, 0.1) is 4.92 Å². The molecule has 4 N–H and O–H groups in total. The predicted molar refractivity (Wildman–Crippen MR) is 58.3 cm³/mol. The van der Waals surface area contributed by atoms with E-state index in [1.54, 1.807) is 0 Å². The van der Waals surface area contributed by atoms with Crippen molar-refractivity contribution in [1.82, 2.24) is 0 Å². The van der Waals surface area contributed by atoms with E-state index in [0.29, 0.717) is 0 Å². The molecule has 2 atom stereocenters. The average molecular weight is 240 g/mol. The van der Waals surface area contributed by atoms with Crippen molar-refractivity contribution in [3.63, 3.8) is 0 Å². The fourth-order valence-electron chi connectivity index (χ4n) is 1.27. The molecule has 1 rings (SSSR count). The molecule has 0 fully saturated rings. The molecule has 0 aromatic heterocycles. The van der Waals surface area contributed by atoms with Gasteiger partial charge in [0, 0.05) is 12.1 Å². The number of hydrogen-bond donors (Lipinski definition) is 3. The van der Waals surface area contributed by atoms with E-state index in [1.165, 1.54) is 18.2 Å². The van der Waals surface area contributed by atoms with E-state index in [4.69, 9.17) is 10.8 Å². The smallest absolute Gasteiger partial charge is 0.326 e. The van der Waals surface area contributed by atoms with Crippen LogP contribution in [-0.4, -0.2) is 26.6 Å². The van der Waals surface area contributed by atoms with Crippen molar-refractivity contribution in [3.05, 3.63) is 39.9 Å². The second kappa shape index (κ2) is 4.48. The maximum atomic E-state index is 10.8. The number of aliphatic hydroxyl groups excluding tert-OH is 1. The maximum absolute atomic E-state index is 10.8. The number of non-ortho nitro benzene ring substituents is 1. The first-order chi connectivity index (χ1) is 7.76. The Hall–Kier alpha value is -1.99. The molecule has 0 heterocycles. The van der Waals surface area contributed by atoms with Crippen molar-refractivity contribution in [2.45, 2.75) is 18.6 Å². The lowest BCUT2D eigenvalue weighted by atomic mass is 9.90. The van der Waals surface area contributed by atoms with Gasteiger partial charge in [0.2, 0.25) is 0 Å². The normalized spacial score (nSPS) is 15.9. The summed E-state index contributed by atoms with van der Waals surface area (Å²) in [5.41, 5.74) is 3.39. The lowest BCUT2D eigenvalue weighted by molar-refractivity contribution is -0.385. The number of nitrogens with zero attached hydrogens (tertiary/aromatic N) is 1. The van der Waals surface area contributed by atoms with Crippen molar-refractivity contribution in [2.24, 2.45) is 5.73 Å². The summed E-state index contributed by atoms with van der Waals surface area (Å²) in [4.78, 5) is 20.7. The number of carbonyl (C=O) groups is 1. The summed E-state index contributed by atoms with van der Waals surface area (Å²) >= 11 is 0. The Morgan fingerprint density at radius 3 is 2.65 bits per heavy atom. The number of benzene rings is 1. The largest absolute Gasteiger partial charge is 0.480 e. The Morgan fingerprint density at radius 2 is 2.18 bits per heavy atom. The number of nitrogens with two attached hydrogens (primary N) is 1. The molecule has 7 nitrogen and oxygen atoms in total. The molecule has 0 aliphatic rings. The zero-order valence-corrected chi connectivity index (χ0v) is 9.03. The van der Waals surface area contributed by atoms with Crippen LogP contribution in [0.1, 0.15) is 18.6 Å². The van der Waals surface area contributed by atoms with Crippen LogP contribution in [0, 0.1) is 10.1 Å². The highest BCUT2D eigenvalue weighted by molar-refractivity contribution is 5.79. The van der Waals surface area contributed by atoms with E-state index >= 15 is 0 Å². The molecular weight excluding hydrogens is 228 g/mol. The predicted octanol–water partition coefficient (Wildman–Crippen LogP) is 0.430. The van der Waals surface area contributed by atoms with Crippen molar-refractivity contribution in [3.8, 4) is 0 Å². The number of rotatable bonds is 4. The highest BCUT2D eigenvalue weighted by atomic mass is 16.6. The van der Waals surface area contributed by atoms with Gasteiger partial charge in [-0.3, -0.25) is 14.9 Å². The molecule has 0 aliphatic heterocycles. The molecule has 1 aromatic carbocycles. The summed E-state index contributed by atoms with van der Waals surface area (Å²) < 4.78 is 0. The highest BCUT2D eigenvalue weighted by Gasteiger charge is 2.38. The summed E-state index contributed by atoms with van der Waals surface area (Å²) in [6.07, 6.45) is -1.53. The summed E-state index contributed by atoms with van der Waals surface area (Å²) in [5, 5.41) is 29.2. The highest BCUT2D eigenvalue weighted by Crippen LogP contribution is 2.26. The summed E-state index contributed by atoms with van der Waals surface area (Å²) in [7, 11) is 0. The van der Waals surface area contributed by atoms with E-state index in [1.807, 2.05) is 0 Å². The zero-order chi connectivity index (χ0) is 13.2. The number of aliphatic carboxylic acids is 1. The van der Waals surface area contributed by atoms with Crippen molar-refractivity contribution in [2.75, 3.05) is 0 Å². The molecule has 92 valence electrons. The van der Waals surface area contributed by atoms with Gasteiger partial charge in [-0.25, -0.2) is 0 Å². The third-order valence-electron chi connectivity index (χ3n) is 2.43. The molecule has 0 saturated heterocycles. The number of nitro groups is 1. The van der Waals surface area contributed by atoms with E-state index in [-0.39, 0.29) is 11.3 Å². The minimum atomic E-state index is -1.91. The van der Waals surface area contributed by atoms with Crippen LogP contribution < -0.4 is 5.73 Å². The quantitative estimate of drug-likeness (QED) is 0.517. The van der Waals surface area contributed by atoms with Gasteiger partial charge in [-0.05, 0) is 12.5 Å². The van der Waals surface area contributed by atoms with E-state index in [0.717, 1.165) is 13.0 Å². The fourth-order valence-corrected chi connectivity index (χ4v) is 1.27. The van der Waals surface area contributed by atoms with Gasteiger partial charge in [-0.15, -0.1) is 0 Å². The van der Waals surface area contributed by atoms with E-state index in [9.17, 15) is 20.0 Å². The van der Waals surface area contributed by atoms with E-state index in [2.05, 4.69) is 0 Å². The third-order valence-corrected chi connectivity index (χ3v) is 2.43. The lowest BCUT2D eigenvalue weighted by Gasteiger charge is -2.25. The molecule has 0 amide bonds. The van der Waals surface area contributed by atoms with Gasteiger partial charge in [-0.2, -0.15) is 0 Å². The first-order valence-corrected chi connectivity index (χ1v) is 4.71. The topological polar surface area (TPSA) is 127 Å². The molecule has 0 bridgehead atoms. The van der Waals surface area contributed by atoms with Crippen LogP contribution >= 0.6 is 0 Å². The van der Waals surface area contributed by atoms with Crippen molar-refractivity contribution >= 4 is 11.7 Å². The molecular formula is C10H12N2O5. The van der Waals surface area contributed by atoms with Crippen LogP contribution in [0.2, 0.25) is 0 Å².